The lowest BCUT2D eigenvalue weighted by Crippen LogP contribution is -2.51. The summed E-state index contributed by atoms with van der Waals surface area (Å²) in [5, 5.41) is 0. The lowest BCUT2D eigenvalue weighted by atomic mass is 9.82. The summed E-state index contributed by atoms with van der Waals surface area (Å²) in [5.41, 5.74) is 1.47. The van der Waals surface area contributed by atoms with E-state index in [-0.39, 0.29) is 30.1 Å². The molecule has 2 amide bonds. The highest BCUT2D eigenvalue weighted by Gasteiger charge is 2.44. The molecule has 2 aliphatic heterocycles. The second kappa shape index (κ2) is 12.2. The molecule has 0 saturated carbocycles. The molecule has 2 fully saturated rings. The Kier molecular flexibility index (Phi) is 8.76. The first kappa shape index (κ1) is 27.3. The van der Waals surface area contributed by atoms with E-state index in [1.807, 2.05) is 29.2 Å². The van der Waals surface area contributed by atoms with Gasteiger partial charge in [-0.25, -0.2) is 0 Å². The van der Waals surface area contributed by atoms with Gasteiger partial charge in [-0.3, -0.25) is 14.4 Å². The molecule has 9 nitrogen and oxygen atoms in total. The van der Waals surface area contributed by atoms with E-state index in [0.29, 0.717) is 61.9 Å². The summed E-state index contributed by atoms with van der Waals surface area (Å²) in [7, 11) is 4.72. The van der Waals surface area contributed by atoms with Gasteiger partial charge in [0.25, 0.3) is 0 Å². The fourth-order valence-electron chi connectivity index (χ4n) is 5.45. The molecular weight excluding hydrogens is 488 g/mol. The highest BCUT2D eigenvalue weighted by molar-refractivity contribution is 5.97. The largest absolute Gasteiger partial charge is 0.497 e. The molecule has 38 heavy (non-hydrogen) atoms. The van der Waals surface area contributed by atoms with Crippen LogP contribution in [0, 0.1) is 11.8 Å². The number of rotatable bonds is 8. The molecule has 2 saturated heterocycles. The number of anilines is 1. The second-order valence-corrected chi connectivity index (χ2v) is 9.52. The lowest BCUT2D eigenvalue weighted by Gasteiger charge is -2.43. The number of benzene rings is 2. The van der Waals surface area contributed by atoms with Gasteiger partial charge >= 0.3 is 5.97 Å². The van der Waals surface area contributed by atoms with E-state index in [0.717, 1.165) is 5.56 Å². The van der Waals surface area contributed by atoms with Gasteiger partial charge in [0, 0.05) is 25.2 Å². The van der Waals surface area contributed by atoms with Crippen LogP contribution in [-0.4, -0.2) is 63.7 Å². The SMILES string of the molecule is CCOC(=O)C1CCN(C(=O)[C@@H]2CCC(=O)N(c3ccc(OC)cc3)[C@@H]2c2ccc(OC)c(OC)c2)CC1. The van der Waals surface area contributed by atoms with Gasteiger partial charge in [-0.15, -0.1) is 0 Å². The van der Waals surface area contributed by atoms with Crippen LogP contribution in [-0.2, 0) is 19.1 Å². The maximum atomic E-state index is 14.0. The fourth-order valence-corrected chi connectivity index (χ4v) is 5.45. The quantitative estimate of drug-likeness (QED) is 0.482. The van der Waals surface area contributed by atoms with Gasteiger partial charge in [-0.1, -0.05) is 6.07 Å². The summed E-state index contributed by atoms with van der Waals surface area (Å²) in [6, 6.07) is 12.3. The molecule has 0 spiro atoms. The predicted molar refractivity (Wildman–Crippen MR) is 141 cm³/mol. The average molecular weight is 525 g/mol. The average Bonchev–Trinajstić information content (AvgIpc) is 2.96. The summed E-state index contributed by atoms with van der Waals surface area (Å²) in [5.74, 6) is 0.849. The Morgan fingerprint density at radius 3 is 2.18 bits per heavy atom. The Balaban J connectivity index is 1.68. The van der Waals surface area contributed by atoms with E-state index >= 15 is 0 Å². The third kappa shape index (κ3) is 5.56. The highest BCUT2D eigenvalue weighted by atomic mass is 16.5. The fraction of sp³-hybridized carbons (Fsp3) is 0.483. The van der Waals surface area contributed by atoms with Crippen LogP contribution in [0.1, 0.15) is 44.2 Å². The Morgan fingerprint density at radius 1 is 0.895 bits per heavy atom. The normalized spacial score (nSPS) is 20.2. The van der Waals surface area contributed by atoms with Crippen molar-refractivity contribution in [2.75, 3.05) is 45.9 Å². The van der Waals surface area contributed by atoms with Crippen LogP contribution in [0.3, 0.4) is 0 Å². The van der Waals surface area contributed by atoms with Gasteiger partial charge in [0.05, 0.1) is 45.8 Å². The van der Waals surface area contributed by atoms with E-state index in [2.05, 4.69) is 0 Å². The molecule has 9 heteroatoms. The molecule has 2 heterocycles. The van der Waals surface area contributed by atoms with E-state index in [1.165, 1.54) is 0 Å². The number of carbonyl (C=O) groups excluding carboxylic acids is 3. The van der Waals surface area contributed by atoms with Crippen LogP contribution in [0.2, 0.25) is 0 Å². The molecule has 0 radical (unpaired) electrons. The first-order valence-electron chi connectivity index (χ1n) is 13.0. The zero-order chi connectivity index (χ0) is 27.2. The maximum absolute atomic E-state index is 14.0. The zero-order valence-electron chi connectivity index (χ0n) is 22.5. The third-order valence-corrected chi connectivity index (χ3v) is 7.44. The first-order valence-corrected chi connectivity index (χ1v) is 13.0. The number of esters is 1. The molecule has 2 atom stereocenters. The molecule has 0 N–H and O–H groups in total. The van der Waals surface area contributed by atoms with Crippen LogP contribution in [0.5, 0.6) is 17.2 Å². The van der Waals surface area contributed by atoms with Crippen molar-refractivity contribution in [3.05, 3.63) is 48.0 Å². The zero-order valence-corrected chi connectivity index (χ0v) is 22.5. The first-order chi connectivity index (χ1) is 18.4. The second-order valence-electron chi connectivity index (χ2n) is 9.52. The van der Waals surface area contributed by atoms with E-state index in [1.54, 1.807) is 51.4 Å². The Hall–Kier alpha value is -3.75. The monoisotopic (exact) mass is 524 g/mol. The molecule has 4 rings (SSSR count). The summed E-state index contributed by atoms with van der Waals surface area (Å²) < 4.78 is 21.5. The predicted octanol–water partition coefficient (Wildman–Crippen LogP) is 4.00. The standard InChI is InChI=1S/C29H36N2O7/c1-5-38-29(34)19-14-16-30(17-15-19)28(33)23-11-13-26(32)31(21-7-9-22(35-2)10-8-21)27(23)20-6-12-24(36-3)25(18-20)37-4/h6-10,12,18-19,23,27H,5,11,13-17H2,1-4H3/t23-,27-/m1/s1. The van der Waals surface area contributed by atoms with Gasteiger partial charge in [0.2, 0.25) is 11.8 Å². The molecule has 0 bridgehead atoms. The Bertz CT molecular complexity index is 1140. The Morgan fingerprint density at radius 2 is 1.58 bits per heavy atom. The molecule has 0 aliphatic carbocycles. The topological polar surface area (TPSA) is 94.6 Å². The number of hydrogen-bond acceptors (Lipinski definition) is 7. The van der Waals surface area contributed by atoms with Gasteiger partial charge < -0.3 is 28.7 Å². The van der Waals surface area contributed by atoms with E-state index in [4.69, 9.17) is 18.9 Å². The number of piperidine rings is 2. The minimum absolute atomic E-state index is 0.0156. The van der Waals surface area contributed by atoms with Gasteiger partial charge in [0.1, 0.15) is 5.75 Å². The van der Waals surface area contributed by atoms with Crippen molar-refractivity contribution in [2.45, 2.75) is 38.6 Å². The molecule has 204 valence electrons. The number of hydrogen-bond donors (Lipinski definition) is 0. The van der Waals surface area contributed by atoms with Crippen molar-refractivity contribution in [3.8, 4) is 17.2 Å². The van der Waals surface area contributed by atoms with Crippen LogP contribution >= 0.6 is 0 Å². The summed E-state index contributed by atoms with van der Waals surface area (Å²) >= 11 is 0. The molecular formula is C29H36N2O7. The molecule has 2 aliphatic rings. The van der Waals surface area contributed by atoms with Crippen molar-refractivity contribution in [3.63, 3.8) is 0 Å². The number of carbonyl (C=O) groups is 3. The number of methoxy groups -OCH3 is 3. The Labute approximate surface area is 223 Å². The lowest BCUT2D eigenvalue weighted by molar-refractivity contribution is -0.152. The van der Waals surface area contributed by atoms with Crippen molar-refractivity contribution in [1.82, 2.24) is 4.90 Å². The highest BCUT2D eigenvalue weighted by Crippen LogP contribution is 2.43. The van der Waals surface area contributed by atoms with E-state index < -0.39 is 12.0 Å². The maximum Gasteiger partial charge on any atom is 0.309 e. The van der Waals surface area contributed by atoms with Crippen molar-refractivity contribution in [2.24, 2.45) is 11.8 Å². The summed E-state index contributed by atoms with van der Waals surface area (Å²) in [6.07, 6.45) is 1.82. The minimum Gasteiger partial charge on any atom is -0.497 e. The van der Waals surface area contributed by atoms with Crippen LogP contribution in [0.4, 0.5) is 5.69 Å². The van der Waals surface area contributed by atoms with Gasteiger partial charge in [-0.2, -0.15) is 0 Å². The van der Waals surface area contributed by atoms with Crippen LogP contribution in [0.25, 0.3) is 0 Å². The van der Waals surface area contributed by atoms with Gasteiger partial charge in [0.15, 0.2) is 11.5 Å². The molecule has 0 aromatic heterocycles. The smallest absolute Gasteiger partial charge is 0.309 e. The molecule has 2 aromatic rings. The van der Waals surface area contributed by atoms with Gasteiger partial charge in [-0.05, 0) is 68.1 Å². The number of ether oxygens (including phenoxy) is 4. The van der Waals surface area contributed by atoms with Crippen LogP contribution < -0.4 is 19.1 Å². The summed E-state index contributed by atoms with van der Waals surface area (Å²) in [6.45, 7) is 3.11. The molecule has 2 aromatic carbocycles. The minimum atomic E-state index is -0.542. The van der Waals surface area contributed by atoms with Crippen LogP contribution in [0.15, 0.2) is 42.5 Å². The number of amides is 2. The third-order valence-electron chi connectivity index (χ3n) is 7.44. The van der Waals surface area contributed by atoms with E-state index in [9.17, 15) is 14.4 Å². The van der Waals surface area contributed by atoms with Crippen molar-refractivity contribution >= 4 is 23.5 Å². The van der Waals surface area contributed by atoms with Crippen molar-refractivity contribution in [1.29, 1.82) is 0 Å². The molecule has 0 unspecified atom stereocenters. The number of nitrogens with zero attached hydrogens (tertiary/aromatic N) is 2. The summed E-state index contributed by atoms with van der Waals surface area (Å²) in [4.78, 5) is 43.2. The number of likely N-dealkylation sites (tertiary alicyclic amines) is 1. The van der Waals surface area contributed by atoms with Crippen molar-refractivity contribution < 1.29 is 33.3 Å².